The molecule has 0 saturated carbocycles. The number of anilines is 1. The molecule has 2 unspecified atom stereocenters. The zero-order valence-electron chi connectivity index (χ0n) is 19.6. The van der Waals surface area contributed by atoms with Gasteiger partial charge in [0.15, 0.2) is 0 Å². The molecule has 0 aliphatic carbocycles. The summed E-state index contributed by atoms with van der Waals surface area (Å²) in [4.78, 5) is 30.5. The molecule has 2 atom stereocenters. The number of nitrogens with one attached hydrogen (secondary N) is 1. The first-order chi connectivity index (χ1) is 16.6. The van der Waals surface area contributed by atoms with E-state index in [4.69, 9.17) is 0 Å². The molecule has 2 heterocycles. The molecule has 0 radical (unpaired) electrons. The maximum atomic E-state index is 13.4. The molecule has 1 N–H and O–H groups in total. The Morgan fingerprint density at radius 3 is 2.44 bits per heavy atom. The van der Waals surface area contributed by atoms with Crippen molar-refractivity contribution in [2.75, 3.05) is 18.0 Å². The monoisotopic (exact) mass is 453 g/mol. The van der Waals surface area contributed by atoms with Gasteiger partial charge in [0.05, 0.1) is 6.42 Å². The highest BCUT2D eigenvalue weighted by Crippen LogP contribution is 2.35. The predicted molar refractivity (Wildman–Crippen MR) is 135 cm³/mol. The first kappa shape index (κ1) is 22.4. The number of hydrogen-bond acceptors (Lipinski definition) is 3. The lowest BCUT2D eigenvalue weighted by molar-refractivity contribution is -0.120. The van der Waals surface area contributed by atoms with E-state index in [0.29, 0.717) is 25.1 Å². The highest BCUT2D eigenvalue weighted by molar-refractivity contribution is 6.06. The minimum absolute atomic E-state index is 0.0461. The van der Waals surface area contributed by atoms with Crippen LogP contribution < -0.4 is 10.2 Å². The summed E-state index contributed by atoms with van der Waals surface area (Å²) in [5.74, 6) is 0.105. The third-order valence-corrected chi connectivity index (χ3v) is 7.09. The number of amides is 2. The average Bonchev–Trinajstić information content (AvgIpc) is 3.15. The summed E-state index contributed by atoms with van der Waals surface area (Å²) in [6.45, 7) is 4.14. The highest BCUT2D eigenvalue weighted by atomic mass is 16.2. The molecule has 174 valence electrons. The summed E-state index contributed by atoms with van der Waals surface area (Å²) in [5.41, 5.74) is 5.09. The number of aryl methyl sites for hydroxylation is 1. The van der Waals surface area contributed by atoms with E-state index in [0.717, 1.165) is 36.2 Å². The van der Waals surface area contributed by atoms with Crippen molar-refractivity contribution in [3.05, 3.63) is 101 Å². The van der Waals surface area contributed by atoms with Crippen molar-refractivity contribution < 1.29 is 9.59 Å². The molecule has 1 saturated heterocycles. The van der Waals surface area contributed by atoms with Crippen LogP contribution in [0.1, 0.15) is 39.9 Å². The second kappa shape index (κ2) is 9.82. The van der Waals surface area contributed by atoms with Crippen LogP contribution in [0.2, 0.25) is 0 Å². The van der Waals surface area contributed by atoms with Crippen molar-refractivity contribution in [2.45, 2.75) is 44.8 Å². The topological polar surface area (TPSA) is 52.7 Å². The van der Waals surface area contributed by atoms with Crippen LogP contribution in [0.15, 0.2) is 78.9 Å². The number of nitrogens with zero attached hydrogens (tertiary/aromatic N) is 2. The number of carbonyl (C=O) groups is 2. The molecule has 0 aromatic heterocycles. The summed E-state index contributed by atoms with van der Waals surface area (Å²) in [6.07, 6.45) is 2.44. The van der Waals surface area contributed by atoms with E-state index in [2.05, 4.69) is 22.3 Å². The van der Waals surface area contributed by atoms with Crippen molar-refractivity contribution in [2.24, 2.45) is 0 Å². The number of fused-ring (bicyclic) bond motifs is 2. The van der Waals surface area contributed by atoms with Crippen molar-refractivity contribution >= 4 is 17.5 Å². The van der Waals surface area contributed by atoms with E-state index in [-0.39, 0.29) is 23.9 Å². The zero-order chi connectivity index (χ0) is 23.5. The maximum Gasteiger partial charge on any atom is 0.258 e. The quantitative estimate of drug-likeness (QED) is 0.625. The lowest BCUT2D eigenvalue weighted by atomic mass is 10.1. The van der Waals surface area contributed by atoms with Gasteiger partial charge in [0, 0.05) is 43.0 Å². The molecule has 3 aromatic rings. The molecular weight excluding hydrogens is 422 g/mol. The fraction of sp³-hybridized carbons (Fsp3) is 0.310. The number of carbonyl (C=O) groups excluding carboxylic acids is 2. The van der Waals surface area contributed by atoms with E-state index in [9.17, 15) is 9.59 Å². The largest absolute Gasteiger partial charge is 0.354 e. The zero-order valence-corrected chi connectivity index (χ0v) is 19.6. The van der Waals surface area contributed by atoms with Gasteiger partial charge in [-0.05, 0) is 49.1 Å². The van der Waals surface area contributed by atoms with E-state index < -0.39 is 0 Å². The van der Waals surface area contributed by atoms with Gasteiger partial charge < -0.3 is 10.2 Å². The van der Waals surface area contributed by atoms with Crippen molar-refractivity contribution in [1.82, 2.24) is 10.2 Å². The number of benzene rings is 3. The van der Waals surface area contributed by atoms with E-state index in [1.54, 1.807) is 0 Å². The third kappa shape index (κ3) is 4.75. The van der Waals surface area contributed by atoms with Crippen LogP contribution in [0, 0.1) is 6.92 Å². The van der Waals surface area contributed by atoms with Crippen molar-refractivity contribution in [3.8, 4) is 0 Å². The molecule has 5 rings (SSSR count). The van der Waals surface area contributed by atoms with Gasteiger partial charge in [-0.25, -0.2) is 0 Å². The Hall–Kier alpha value is -3.44. The van der Waals surface area contributed by atoms with Gasteiger partial charge in [-0.2, -0.15) is 0 Å². The van der Waals surface area contributed by atoms with Crippen LogP contribution in [-0.4, -0.2) is 41.9 Å². The number of hydrogen-bond donors (Lipinski definition) is 1. The second-order valence-electron chi connectivity index (χ2n) is 9.43. The normalized spacial score (nSPS) is 19.7. The fourth-order valence-electron chi connectivity index (χ4n) is 5.22. The lowest BCUT2D eigenvalue weighted by Crippen LogP contribution is -2.46. The van der Waals surface area contributed by atoms with E-state index in [1.165, 1.54) is 5.56 Å². The molecule has 3 aromatic carbocycles. The highest BCUT2D eigenvalue weighted by Gasteiger charge is 2.38. The molecule has 2 aliphatic heterocycles. The van der Waals surface area contributed by atoms with Gasteiger partial charge in [0.25, 0.3) is 5.91 Å². The van der Waals surface area contributed by atoms with Crippen molar-refractivity contribution in [3.63, 3.8) is 0 Å². The smallest absolute Gasteiger partial charge is 0.258 e. The summed E-state index contributed by atoms with van der Waals surface area (Å²) in [5, 5.41) is 3.16. The first-order valence-electron chi connectivity index (χ1n) is 12.1. The summed E-state index contributed by atoms with van der Waals surface area (Å²) in [6, 6.07) is 26.4. The average molecular weight is 454 g/mol. The molecule has 34 heavy (non-hydrogen) atoms. The summed E-state index contributed by atoms with van der Waals surface area (Å²) < 4.78 is 0. The Bertz CT molecular complexity index is 1160. The van der Waals surface area contributed by atoms with Crippen molar-refractivity contribution in [1.29, 1.82) is 0 Å². The van der Waals surface area contributed by atoms with Crippen LogP contribution in [0.5, 0.6) is 0 Å². The first-order valence-corrected chi connectivity index (χ1v) is 12.1. The third-order valence-electron chi connectivity index (χ3n) is 7.09. The van der Waals surface area contributed by atoms with Gasteiger partial charge in [-0.15, -0.1) is 0 Å². The van der Waals surface area contributed by atoms with E-state index in [1.807, 2.05) is 78.6 Å². The van der Waals surface area contributed by atoms with Gasteiger partial charge in [-0.3, -0.25) is 14.5 Å². The Kier molecular flexibility index (Phi) is 6.45. The Labute approximate surface area is 201 Å². The standard InChI is InChI=1S/C29H31N3O2/c1-21-11-13-22(14-12-21)17-28(33)30-18-25-15-16-26-20-32(29(34)23-7-3-2-4-8-23)27-10-6-5-9-24(27)19-31(25)26/h2-14,25-26H,15-20H2,1H3,(H,30,33). The molecular formula is C29H31N3O2. The Morgan fingerprint density at radius 2 is 1.65 bits per heavy atom. The Balaban J connectivity index is 1.29. The molecule has 2 amide bonds. The molecule has 5 nitrogen and oxygen atoms in total. The van der Waals surface area contributed by atoms with E-state index >= 15 is 0 Å². The lowest BCUT2D eigenvalue weighted by Gasteiger charge is -2.29. The minimum Gasteiger partial charge on any atom is -0.354 e. The maximum absolute atomic E-state index is 13.4. The van der Waals surface area contributed by atoms with Gasteiger partial charge in [0.2, 0.25) is 5.91 Å². The van der Waals surface area contributed by atoms with Crippen LogP contribution in [0.25, 0.3) is 0 Å². The summed E-state index contributed by atoms with van der Waals surface area (Å²) in [7, 11) is 0. The molecule has 2 aliphatic rings. The van der Waals surface area contributed by atoms with Crippen LogP contribution >= 0.6 is 0 Å². The Morgan fingerprint density at radius 1 is 0.912 bits per heavy atom. The molecule has 0 bridgehead atoms. The second-order valence-corrected chi connectivity index (χ2v) is 9.43. The minimum atomic E-state index is 0.0461. The summed E-state index contributed by atoms with van der Waals surface area (Å²) >= 11 is 0. The van der Waals surface area contributed by atoms with Gasteiger partial charge >= 0.3 is 0 Å². The van der Waals surface area contributed by atoms with Crippen LogP contribution in [0.4, 0.5) is 5.69 Å². The molecule has 5 heteroatoms. The SMILES string of the molecule is Cc1ccc(CC(=O)NCC2CCC3CN(C(=O)c4ccccc4)c4ccccc4CN23)cc1. The van der Waals surface area contributed by atoms with Crippen LogP contribution in [0.3, 0.4) is 0 Å². The predicted octanol–water partition coefficient (Wildman–Crippen LogP) is 4.35. The fourth-order valence-corrected chi connectivity index (χ4v) is 5.22. The van der Waals surface area contributed by atoms with Gasteiger partial charge in [0.1, 0.15) is 0 Å². The molecule has 1 fully saturated rings. The number of rotatable bonds is 5. The number of para-hydroxylation sites is 1. The van der Waals surface area contributed by atoms with Crippen LogP contribution in [-0.2, 0) is 17.8 Å². The van der Waals surface area contributed by atoms with Gasteiger partial charge in [-0.1, -0.05) is 66.2 Å². The molecule has 0 spiro atoms.